The van der Waals surface area contributed by atoms with Crippen LogP contribution < -0.4 is 0 Å². The minimum atomic E-state index is 0.133. The van der Waals surface area contributed by atoms with Crippen LogP contribution in [0.2, 0.25) is 0 Å². The Morgan fingerprint density at radius 3 is 2.65 bits per heavy atom. The Morgan fingerprint density at radius 2 is 1.92 bits per heavy atom. The van der Waals surface area contributed by atoms with Crippen molar-refractivity contribution < 1.29 is 4.79 Å². The second-order valence-electron chi connectivity index (χ2n) is 7.04. The molecule has 1 aliphatic heterocycles. The average molecular weight is 354 g/mol. The summed E-state index contributed by atoms with van der Waals surface area (Å²) < 4.78 is 1.89. The van der Waals surface area contributed by atoms with E-state index in [2.05, 4.69) is 40.3 Å². The van der Waals surface area contributed by atoms with Gasteiger partial charge in [0.15, 0.2) is 0 Å². The van der Waals surface area contributed by atoms with Crippen LogP contribution in [-0.2, 0) is 13.0 Å². The molecule has 5 nitrogen and oxygen atoms in total. The van der Waals surface area contributed by atoms with Crippen LogP contribution in [0.3, 0.4) is 0 Å². The summed E-state index contributed by atoms with van der Waals surface area (Å²) in [4.78, 5) is 17.4. The predicted molar refractivity (Wildman–Crippen MR) is 104 cm³/mol. The van der Waals surface area contributed by atoms with E-state index in [-0.39, 0.29) is 5.91 Å². The lowest BCUT2D eigenvalue weighted by Crippen LogP contribution is -2.35. The molecule has 0 spiro atoms. The van der Waals surface area contributed by atoms with Crippen LogP contribution >= 0.6 is 0 Å². The Labute approximate surface area is 156 Å². The van der Waals surface area contributed by atoms with Crippen LogP contribution in [-0.4, -0.2) is 58.2 Å². The van der Waals surface area contributed by atoms with Crippen molar-refractivity contribution in [2.75, 3.05) is 32.7 Å². The second-order valence-corrected chi connectivity index (χ2v) is 7.04. The van der Waals surface area contributed by atoms with Crippen LogP contribution in [0.5, 0.6) is 0 Å². The Balaban J connectivity index is 1.49. The van der Waals surface area contributed by atoms with E-state index < -0.39 is 0 Å². The number of aromatic nitrogens is 2. The van der Waals surface area contributed by atoms with Crippen molar-refractivity contribution in [1.29, 1.82) is 0 Å². The molecule has 1 amide bonds. The Kier molecular flexibility index (Phi) is 6.45. The van der Waals surface area contributed by atoms with Gasteiger partial charge in [-0.25, -0.2) is 0 Å². The molecule has 1 saturated heterocycles. The molecule has 0 aliphatic carbocycles. The molecule has 2 heterocycles. The number of nitrogens with zero attached hydrogens (tertiary/aromatic N) is 4. The Hall–Kier alpha value is -2.14. The molecule has 3 rings (SSSR count). The summed E-state index contributed by atoms with van der Waals surface area (Å²) in [6, 6.07) is 10.7. The van der Waals surface area contributed by atoms with Crippen LogP contribution in [0.15, 0.2) is 36.5 Å². The van der Waals surface area contributed by atoms with Gasteiger partial charge in [-0.05, 0) is 51.8 Å². The van der Waals surface area contributed by atoms with Gasteiger partial charge in [-0.15, -0.1) is 0 Å². The molecular formula is C21H30N4O. The van der Waals surface area contributed by atoms with Crippen LogP contribution in [0.1, 0.15) is 41.4 Å². The highest BCUT2D eigenvalue weighted by atomic mass is 16.2. The number of aryl methyl sites for hydroxylation is 2. The van der Waals surface area contributed by atoms with Gasteiger partial charge in [-0.1, -0.05) is 30.3 Å². The third-order valence-electron chi connectivity index (χ3n) is 5.29. The molecule has 1 aliphatic rings. The molecule has 0 bridgehead atoms. The van der Waals surface area contributed by atoms with Crippen molar-refractivity contribution in [1.82, 2.24) is 19.6 Å². The quantitative estimate of drug-likeness (QED) is 0.801. The predicted octanol–water partition coefficient (Wildman–Crippen LogP) is 2.99. The fraction of sp³-hybridized carbons (Fsp3) is 0.524. The van der Waals surface area contributed by atoms with Crippen molar-refractivity contribution in [2.45, 2.75) is 39.7 Å². The minimum Gasteiger partial charge on any atom is -0.337 e. The first kappa shape index (κ1) is 18.6. The van der Waals surface area contributed by atoms with Crippen molar-refractivity contribution in [3.63, 3.8) is 0 Å². The standard InChI is InChI=1S/C21H30N4O/c1-3-25-18(2)20(17-22-25)21(26)24-14-8-13-23(15-16-24)12-7-11-19-9-5-4-6-10-19/h4-6,9-10,17H,3,7-8,11-16H2,1-2H3. The van der Waals surface area contributed by atoms with E-state index in [1.54, 1.807) is 6.20 Å². The molecule has 26 heavy (non-hydrogen) atoms. The number of carbonyl (C=O) groups is 1. The van der Waals surface area contributed by atoms with Crippen molar-refractivity contribution in [3.8, 4) is 0 Å². The smallest absolute Gasteiger partial charge is 0.257 e. The van der Waals surface area contributed by atoms with E-state index in [1.807, 2.05) is 23.4 Å². The van der Waals surface area contributed by atoms with E-state index in [9.17, 15) is 4.79 Å². The molecule has 5 heteroatoms. The zero-order valence-electron chi connectivity index (χ0n) is 16.0. The fourth-order valence-corrected chi connectivity index (χ4v) is 3.69. The van der Waals surface area contributed by atoms with Gasteiger partial charge in [0.2, 0.25) is 0 Å². The van der Waals surface area contributed by atoms with Crippen molar-refractivity contribution in [3.05, 3.63) is 53.3 Å². The summed E-state index contributed by atoms with van der Waals surface area (Å²) in [5.74, 6) is 0.133. The van der Waals surface area contributed by atoms with E-state index in [1.165, 1.54) is 12.0 Å². The molecular weight excluding hydrogens is 324 g/mol. The van der Waals surface area contributed by atoms with Gasteiger partial charge in [-0.3, -0.25) is 9.48 Å². The lowest BCUT2D eigenvalue weighted by atomic mass is 10.1. The number of rotatable bonds is 6. The van der Waals surface area contributed by atoms with Gasteiger partial charge in [0.05, 0.1) is 11.8 Å². The fourth-order valence-electron chi connectivity index (χ4n) is 3.69. The molecule has 0 N–H and O–H groups in total. The molecule has 1 aromatic heterocycles. The lowest BCUT2D eigenvalue weighted by molar-refractivity contribution is 0.0760. The number of benzene rings is 1. The van der Waals surface area contributed by atoms with Gasteiger partial charge >= 0.3 is 0 Å². The van der Waals surface area contributed by atoms with Gasteiger partial charge in [0.25, 0.3) is 5.91 Å². The number of amides is 1. The minimum absolute atomic E-state index is 0.133. The molecule has 1 fully saturated rings. The molecule has 140 valence electrons. The van der Waals surface area contributed by atoms with Crippen LogP contribution in [0, 0.1) is 6.92 Å². The second kappa shape index (κ2) is 8.99. The summed E-state index contributed by atoms with van der Waals surface area (Å²) in [5, 5.41) is 4.32. The molecule has 0 saturated carbocycles. The molecule has 2 aromatic rings. The number of carbonyl (C=O) groups excluding carboxylic acids is 1. The van der Waals surface area contributed by atoms with Crippen molar-refractivity contribution in [2.24, 2.45) is 0 Å². The van der Waals surface area contributed by atoms with E-state index in [0.717, 1.165) is 63.4 Å². The zero-order valence-corrected chi connectivity index (χ0v) is 16.0. The summed E-state index contributed by atoms with van der Waals surface area (Å²) in [6.45, 7) is 9.61. The number of hydrogen-bond acceptors (Lipinski definition) is 3. The summed E-state index contributed by atoms with van der Waals surface area (Å²) in [6.07, 6.45) is 5.05. The first-order chi connectivity index (χ1) is 12.7. The normalized spacial score (nSPS) is 15.8. The van der Waals surface area contributed by atoms with Crippen LogP contribution in [0.4, 0.5) is 0 Å². The van der Waals surface area contributed by atoms with Gasteiger partial charge in [0.1, 0.15) is 0 Å². The highest BCUT2D eigenvalue weighted by molar-refractivity contribution is 5.95. The largest absolute Gasteiger partial charge is 0.337 e. The summed E-state index contributed by atoms with van der Waals surface area (Å²) >= 11 is 0. The van der Waals surface area contributed by atoms with Crippen molar-refractivity contribution >= 4 is 5.91 Å². The molecule has 1 aromatic carbocycles. The number of hydrogen-bond donors (Lipinski definition) is 0. The first-order valence-electron chi connectivity index (χ1n) is 9.77. The third-order valence-corrected chi connectivity index (χ3v) is 5.29. The zero-order chi connectivity index (χ0) is 18.4. The highest BCUT2D eigenvalue weighted by Gasteiger charge is 2.23. The van der Waals surface area contributed by atoms with E-state index in [0.29, 0.717) is 0 Å². The van der Waals surface area contributed by atoms with Gasteiger partial charge < -0.3 is 9.80 Å². The molecule has 0 atom stereocenters. The maximum absolute atomic E-state index is 12.9. The SMILES string of the molecule is CCn1ncc(C(=O)N2CCCN(CCCc3ccccc3)CC2)c1C. The maximum Gasteiger partial charge on any atom is 0.257 e. The van der Waals surface area contributed by atoms with E-state index in [4.69, 9.17) is 0 Å². The summed E-state index contributed by atoms with van der Waals surface area (Å²) in [5.41, 5.74) is 3.13. The third kappa shape index (κ3) is 4.52. The van der Waals surface area contributed by atoms with Gasteiger partial charge in [0, 0.05) is 31.9 Å². The van der Waals surface area contributed by atoms with Crippen LogP contribution in [0.25, 0.3) is 0 Å². The maximum atomic E-state index is 12.9. The lowest BCUT2D eigenvalue weighted by Gasteiger charge is -2.22. The Morgan fingerprint density at radius 1 is 1.12 bits per heavy atom. The average Bonchev–Trinajstić information content (AvgIpc) is 2.88. The van der Waals surface area contributed by atoms with Gasteiger partial charge in [-0.2, -0.15) is 5.10 Å². The monoisotopic (exact) mass is 354 g/mol. The highest BCUT2D eigenvalue weighted by Crippen LogP contribution is 2.13. The summed E-state index contributed by atoms with van der Waals surface area (Å²) in [7, 11) is 0. The topological polar surface area (TPSA) is 41.4 Å². The Bertz CT molecular complexity index is 710. The first-order valence-corrected chi connectivity index (χ1v) is 9.77. The molecule has 0 unspecified atom stereocenters. The van der Waals surface area contributed by atoms with E-state index >= 15 is 0 Å². The molecule has 0 radical (unpaired) electrons.